The molecule has 106 valence electrons. The van der Waals surface area contributed by atoms with Crippen LogP contribution in [0.4, 0.5) is 22.0 Å². The number of hydrogen-bond acceptors (Lipinski definition) is 2. The van der Waals surface area contributed by atoms with Crippen LogP contribution in [0.1, 0.15) is 11.3 Å². The second kappa shape index (κ2) is 4.69. The Morgan fingerprint density at radius 3 is 2.40 bits per heavy atom. The van der Waals surface area contributed by atoms with E-state index in [0.29, 0.717) is 6.07 Å². The molecule has 1 aromatic heterocycles. The smallest absolute Gasteiger partial charge is 0.302 e. The van der Waals surface area contributed by atoms with Crippen molar-refractivity contribution in [3.05, 3.63) is 51.6 Å². The molecule has 1 heterocycles. The summed E-state index contributed by atoms with van der Waals surface area (Å²) in [5.74, 6) is -2.55. The summed E-state index contributed by atoms with van der Waals surface area (Å²) in [5, 5.41) is 0. The molecule has 0 aliphatic rings. The van der Waals surface area contributed by atoms with E-state index in [1.807, 2.05) is 0 Å². The van der Waals surface area contributed by atoms with Gasteiger partial charge in [0, 0.05) is 5.56 Å². The highest BCUT2D eigenvalue weighted by atomic mass is 19.4. The Labute approximate surface area is 109 Å². The average molecular weight is 290 g/mol. The monoisotopic (exact) mass is 290 g/mol. The summed E-state index contributed by atoms with van der Waals surface area (Å²) in [6, 6.07) is 2.70. The molecule has 0 unspecified atom stereocenters. The van der Waals surface area contributed by atoms with Crippen LogP contribution in [0, 0.1) is 18.6 Å². The first-order valence-electron chi connectivity index (χ1n) is 5.33. The van der Waals surface area contributed by atoms with E-state index in [1.54, 1.807) is 0 Å². The van der Waals surface area contributed by atoms with Crippen molar-refractivity contribution in [1.82, 2.24) is 9.97 Å². The summed E-state index contributed by atoms with van der Waals surface area (Å²) in [4.78, 5) is 15.8. The zero-order chi connectivity index (χ0) is 15.1. The summed E-state index contributed by atoms with van der Waals surface area (Å²) >= 11 is 0. The first kappa shape index (κ1) is 14.2. The van der Waals surface area contributed by atoms with Gasteiger partial charge in [-0.2, -0.15) is 18.2 Å². The van der Waals surface area contributed by atoms with Crippen molar-refractivity contribution in [2.45, 2.75) is 13.1 Å². The molecular formula is C12H7F5N2O. The van der Waals surface area contributed by atoms with Crippen LogP contribution in [-0.2, 0) is 6.18 Å². The van der Waals surface area contributed by atoms with Gasteiger partial charge < -0.3 is 4.98 Å². The molecule has 1 N–H and O–H groups in total. The van der Waals surface area contributed by atoms with Crippen molar-refractivity contribution < 1.29 is 22.0 Å². The van der Waals surface area contributed by atoms with E-state index in [4.69, 9.17) is 0 Å². The number of alkyl halides is 3. The molecule has 0 radical (unpaired) electrons. The van der Waals surface area contributed by atoms with Crippen LogP contribution in [0.3, 0.4) is 0 Å². The van der Waals surface area contributed by atoms with Gasteiger partial charge in [0.25, 0.3) is 0 Å². The minimum atomic E-state index is -4.82. The number of benzene rings is 1. The van der Waals surface area contributed by atoms with Crippen LogP contribution >= 0.6 is 0 Å². The molecular weight excluding hydrogens is 283 g/mol. The van der Waals surface area contributed by atoms with Gasteiger partial charge in [-0.05, 0) is 24.6 Å². The topological polar surface area (TPSA) is 45.8 Å². The molecule has 20 heavy (non-hydrogen) atoms. The predicted octanol–water partition coefficient (Wildman–Crippen LogP) is 3.04. The van der Waals surface area contributed by atoms with Crippen molar-refractivity contribution in [2.24, 2.45) is 0 Å². The molecule has 2 rings (SSSR count). The Morgan fingerprint density at radius 2 is 1.80 bits per heavy atom. The van der Waals surface area contributed by atoms with Crippen molar-refractivity contribution in [2.75, 3.05) is 0 Å². The second-order valence-electron chi connectivity index (χ2n) is 4.04. The Hall–Kier alpha value is -2.25. The second-order valence-corrected chi connectivity index (χ2v) is 4.04. The van der Waals surface area contributed by atoms with Gasteiger partial charge in [0.15, 0.2) is 11.6 Å². The number of aromatic nitrogens is 2. The lowest BCUT2D eigenvalue weighted by molar-refractivity contribution is -0.141. The quantitative estimate of drug-likeness (QED) is 0.820. The molecule has 2 aromatic rings. The Balaban J connectivity index is 2.68. The molecule has 0 saturated heterocycles. The summed E-state index contributed by atoms with van der Waals surface area (Å²) < 4.78 is 64.7. The summed E-state index contributed by atoms with van der Waals surface area (Å²) in [7, 11) is 0. The maximum Gasteiger partial charge on any atom is 0.431 e. The van der Waals surface area contributed by atoms with E-state index in [9.17, 15) is 26.7 Å². The fourth-order valence-electron chi connectivity index (χ4n) is 1.59. The Bertz CT molecular complexity index is 721. The van der Waals surface area contributed by atoms with Gasteiger partial charge in [0.1, 0.15) is 5.69 Å². The first-order valence-corrected chi connectivity index (χ1v) is 5.33. The van der Waals surface area contributed by atoms with E-state index in [0.717, 1.165) is 6.07 Å². The lowest BCUT2D eigenvalue weighted by Crippen LogP contribution is -2.19. The Kier molecular flexibility index (Phi) is 3.33. The molecule has 0 aliphatic carbocycles. The van der Waals surface area contributed by atoms with Crippen LogP contribution in [0.5, 0.6) is 0 Å². The lowest BCUT2D eigenvalue weighted by Gasteiger charge is -2.09. The van der Waals surface area contributed by atoms with Gasteiger partial charge in [-0.3, -0.25) is 0 Å². The summed E-state index contributed by atoms with van der Waals surface area (Å²) in [6.45, 7) is 1.30. The third kappa shape index (κ3) is 2.54. The zero-order valence-corrected chi connectivity index (χ0v) is 9.98. The fraction of sp³-hybridized carbons (Fsp3) is 0.167. The molecule has 0 aliphatic heterocycles. The summed E-state index contributed by atoms with van der Waals surface area (Å²) in [6.07, 6.45) is -4.82. The third-order valence-corrected chi connectivity index (χ3v) is 2.60. The predicted molar refractivity (Wildman–Crippen MR) is 59.9 cm³/mol. The van der Waals surface area contributed by atoms with E-state index in [1.165, 1.54) is 18.0 Å². The molecule has 0 spiro atoms. The van der Waals surface area contributed by atoms with Gasteiger partial charge in [-0.15, -0.1) is 0 Å². The number of H-pyrrole nitrogens is 1. The highest BCUT2D eigenvalue weighted by molar-refractivity contribution is 5.60. The molecule has 0 bridgehead atoms. The van der Waals surface area contributed by atoms with E-state index in [2.05, 4.69) is 4.98 Å². The van der Waals surface area contributed by atoms with Gasteiger partial charge in [0.05, 0.1) is 5.69 Å². The van der Waals surface area contributed by atoms with Crippen LogP contribution in [0.15, 0.2) is 23.0 Å². The van der Waals surface area contributed by atoms with E-state index in [-0.39, 0.29) is 5.56 Å². The van der Waals surface area contributed by atoms with Crippen LogP contribution < -0.4 is 5.69 Å². The molecule has 3 nitrogen and oxygen atoms in total. The number of rotatable bonds is 1. The largest absolute Gasteiger partial charge is 0.431 e. The minimum absolute atomic E-state index is 0.00728. The highest BCUT2D eigenvalue weighted by Crippen LogP contribution is 2.30. The van der Waals surface area contributed by atoms with Gasteiger partial charge >= 0.3 is 11.9 Å². The standard InChI is InChI=1S/C12H7F5N2O/c1-5-2-3-6(10(14)9(5)13)7-4-8(12(15,16)17)19-11(20)18-7/h2-4H,1H3,(H,18,19,20). The number of halogens is 5. The molecule has 0 fully saturated rings. The SMILES string of the molecule is Cc1ccc(-c2cc(C(F)(F)F)[nH]c(=O)n2)c(F)c1F. The fourth-order valence-corrected chi connectivity index (χ4v) is 1.59. The molecule has 0 amide bonds. The van der Waals surface area contributed by atoms with Crippen LogP contribution in [-0.4, -0.2) is 9.97 Å². The third-order valence-electron chi connectivity index (χ3n) is 2.60. The number of aryl methyl sites for hydroxylation is 1. The molecule has 0 saturated carbocycles. The van der Waals surface area contributed by atoms with Crippen molar-refractivity contribution in [3.8, 4) is 11.3 Å². The normalized spacial score (nSPS) is 11.7. The van der Waals surface area contributed by atoms with Gasteiger partial charge in [-0.25, -0.2) is 13.6 Å². The number of hydrogen-bond donors (Lipinski definition) is 1. The van der Waals surface area contributed by atoms with Crippen molar-refractivity contribution >= 4 is 0 Å². The van der Waals surface area contributed by atoms with Crippen molar-refractivity contribution in [1.29, 1.82) is 0 Å². The molecule has 1 aromatic carbocycles. The first-order chi connectivity index (χ1) is 9.20. The van der Waals surface area contributed by atoms with Crippen molar-refractivity contribution in [3.63, 3.8) is 0 Å². The maximum atomic E-state index is 13.7. The maximum absolute atomic E-state index is 13.7. The zero-order valence-electron chi connectivity index (χ0n) is 9.98. The van der Waals surface area contributed by atoms with Gasteiger partial charge in [-0.1, -0.05) is 6.07 Å². The molecule has 0 atom stereocenters. The highest BCUT2D eigenvalue weighted by Gasteiger charge is 2.33. The number of aromatic amines is 1. The number of nitrogens with one attached hydrogen (secondary N) is 1. The molecule has 8 heteroatoms. The van der Waals surface area contributed by atoms with E-state index >= 15 is 0 Å². The summed E-state index contributed by atoms with van der Waals surface area (Å²) in [5.41, 5.74) is -3.78. The minimum Gasteiger partial charge on any atom is -0.302 e. The van der Waals surface area contributed by atoms with Crippen LogP contribution in [0.2, 0.25) is 0 Å². The van der Waals surface area contributed by atoms with E-state index < -0.39 is 40.5 Å². The van der Waals surface area contributed by atoms with Crippen LogP contribution in [0.25, 0.3) is 11.3 Å². The average Bonchev–Trinajstić information content (AvgIpc) is 2.34. The van der Waals surface area contributed by atoms with Gasteiger partial charge in [0.2, 0.25) is 0 Å². The lowest BCUT2D eigenvalue weighted by atomic mass is 10.1. The Morgan fingerprint density at radius 1 is 1.15 bits per heavy atom. The number of nitrogens with zero attached hydrogens (tertiary/aromatic N) is 1.